The van der Waals surface area contributed by atoms with E-state index in [2.05, 4.69) is 56.5 Å². The van der Waals surface area contributed by atoms with Gasteiger partial charge in [-0.1, -0.05) is 6.07 Å². The largest absolute Gasteiger partial charge is 0.313 e. The van der Waals surface area contributed by atoms with E-state index in [-0.39, 0.29) is 0 Å². The van der Waals surface area contributed by atoms with Gasteiger partial charge in [0.15, 0.2) is 5.16 Å². The second-order valence-electron chi connectivity index (χ2n) is 3.97. The van der Waals surface area contributed by atoms with Gasteiger partial charge in [0, 0.05) is 22.5 Å². The van der Waals surface area contributed by atoms with Crippen molar-refractivity contribution in [2.45, 2.75) is 23.0 Å². The minimum Gasteiger partial charge on any atom is -0.313 e. The molecule has 1 heterocycles. The Labute approximate surface area is 119 Å². The lowest BCUT2D eigenvalue weighted by Gasteiger charge is -2.12. The highest BCUT2D eigenvalue weighted by molar-refractivity contribution is 9.10. The Balaban J connectivity index is 2.23. The van der Waals surface area contributed by atoms with E-state index in [9.17, 15) is 0 Å². The summed E-state index contributed by atoms with van der Waals surface area (Å²) in [6.45, 7) is 2.14. The third kappa shape index (κ3) is 2.93. The standard InChI is InChI=1S/C12H15BrN4S/c1-8(14-2)9-4-5-11(10(13)6-9)18-12-15-7-16-17(12)3/h4-8,14H,1-3H3. The summed E-state index contributed by atoms with van der Waals surface area (Å²) < 4.78 is 2.84. The first kappa shape index (κ1) is 13.6. The molecule has 0 fully saturated rings. The van der Waals surface area contributed by atoms with Crippen molar-refractivity contribution in [2.75, 3.05) is 7.05 Å². The molecule has 0 radical (unpaired) electrons. The molecule has 6 heteroatoms. The fraction of sp³-hybridized carbons (Fsp3) is 0.333. The molecule has 1 aromatic carbocycles. The van der Waals surface area contributed by atoms with Crippen molar-refractivity contribution in [2.24, 2.45) is 7.05 Å². The third-order valence-electron chi connectivity index (χ3n) is 2.76. The quantitative estimate of drug-likeness (QED) is 0.937. The van der Waals surface area contributed by atoms with Crippen LogP contribution in [0.4, 0.5) is 0 Å². The number of rotatable bonds is 4. The van der Waals surface area contributed by atoms with E-state index >= 15 is 0 Å². The normalized spacial score (nSPS) is 12.7. The Hall–Kier alpha value is -0.850. The summed E-state index contributed by atoms with van der Waals surface area (Å²) in [7, 11) is 3.85. The van der Waals surface area contributed by atoms with Gasteiger partial charge in [-0.2, -0.15) is 5.10 Å². The predicted octanol–water partition coefficient (Wildman–Crippen LogP) is 3.01. The van der Waals surface area contributed by atoms with Crippen LogP contribution in [-0.2, 0) is 7.05 Å². The Morgan fingerprint density at radius 3 is 2.78 bits per heavy atom. The van der Waals surface area contributed by atoms with Gasteiger partial charge in [-0.25, -0.2) is 9.67 Å². The number of aromatic nitrogens is 3. The van der Waals surface area contributed by atoms with Crippen LogP contribution in [0, 0.1) is 0 Å². The summed E-state index contributed by atoms with van der Waals surface area (Å²) in [5, 5.41) is 8.17. The molecule has 0 bridgehead atoms. The van der Waals surface area contributed by atoms with Gasteiger partial charge in [0.1, 0.15) is 6.33 Å². The highest BCUT2D eigenvalue weighted by Crippen LogP contribution is 2.33. The molecule has 0 spiro atoms. The monoisotopic (exact) mass is 326 g/mol. The molecule has 1 aromatic heterocycles. The zero-order valence-corrected chi connectivity index (χ0v) is 12.9. The van der Waals surface area contributed by atoms with Crippen molar-refractivity contribution >= 4 is 27.7 Å². The van der Waals surface area contributed by atoms with E-state index in [4.69, 9.17) is 0 Å². The van der Waals surface area contributed by atoms with Gasteiger partial charge in [0.25, 0.3) is 0 Å². The first-order chi connectivity index (χ1) is 8.61. The summed E-state index contributed by atoms with van der Waals surface area (Å²) in [4.78, 5) is 5.34. The second-order valence-corrected chi connectivity index (χ2v) is 5.83. The van der Waals surface area contributed by atoms with Gasteiger partial charge in [-0.05, 0) is 59.4 Å². The number of nitrogens with zero attached hydrogens (tertiary/aromatic N) is 3. The van der Waals surface area contributed by atoms with Crippen LogP contribution in [0.3, 0.4) is 0 Å². The number of aryl methyl sites for hydroxylation is 1. The zero-order valence-electron chi connectivity index (χ0n) is 10.5. The molecule has 1 unspecified atom stereocenters. The lowest BCUT2D eigenvalue weighted by atomic mass is 10.1. The van der Waals surface area contributed by atoms with E-state index in [1.165, 1.54) is 5.56 Å². The van der Waals surface area contributed by atoms with Crippen LogP contribution in [0.25, 0.3) is 0 Å². The molecular formula is C12H15BrN4S. The molecule has 0 aliphatic heterocycles. The van der Waals surface area contributed by atoms with Crippen molar-refractivity contribution in [3.05, 3.63) is 34.6 Å². The van der Waals surface area contributed by atoms with Crippen LogP contribution in [0.1, 0.15) is 18.5 Å². The molecule has 0 aliphatic carbocycles. The van der Waals surface area contributed by atoms with Gasteiger partial charge in [0.05, 0.1) is 0 Å². The van der Waals surface area contributed by atoms with Crippen LogP contribution < -0.4 is 5.32 Å². The van der Waals surface area contributed by atoms with Crippen molar-refractivity contribution in [1.29, 1.82) is 0 Å². The molecular weight excluding hydrogens is 312 g/mol. The number of hydrogen-bond donors (Lipinski definition) is 1. The fourth-order valence-corrected chi connectivity index (χ4v) is 2.92. The van der Waals surface area contributed by atoms with Gasteiger partial charge in [0.2, 0.25) is 0 Å². The molecule has 0 aliphatic rings. The Kier molecular flexibility index (Phi) is 4.42. The van der Waals surface area contributed by atoms with E-state index in [0.29, 0.717) is 6.04 Å². The Morgan fingerprint density at radius 2 is 2.22 bits per heavy atom. The van der Waals surface area contributed by atoms with Gasteiger partial charge in [-0.15, -0.1) is 0 Å². The number of benzene rings is 1. The van der Waals surface area contributed by atoms with Crippen molar-refractivity contribution in [1.82, 2.24) is 20.1 Å². The molecule has 0 saturated carbocycles. The van der Waals surface area contributed by atoms with Gasteiger partial charge < -0.3 is 5.32 Å². The van der Waals surface area contributed by atoms with Gasteiger partial charge in [-0.3, -0.25) is 0 Å². The van der Waals surface area contributed by atoms with Crippen LogP contribution in [0.5, 0.6) is 0 Å². The number of hydrogen-bond acceptors (Lipinski definition) is 4. The Morgan fingerprint density at radius 1 is 1.44 bits per heavy atom. The molecule has 1 N–H and O–H groups in total. The molecule has 0 amide bonds. The lowest BCUT2D eigenvalue weighted by molar-refractivity contribution is 0.651. The average Bonchev–Trinajstić information content (AvgIpc) is 2.76. The minimum absolute atomic E-state index is 0.343. The van der Waals surface area contributed by atoms with E-state index in [1.807, 2.05) is 14.1 Å². The lowest BCUT2D eigenvalue weighted by Crippen LogP contribution is -2.12. The highest BCUT2D eigenvalue weighted by Gasteiger charge is 2.09. The first-order valence-electron chi connectivity index (χ1n) is 5.60. The molecule has 18 heavy (non-hydrogen) atoms. The highest BCUT2D eigenvalue weighted by atomic mass is 79.9. The SMILES string of the molecule is CNC(C)c1ccc(Sc2ncnn2C)c(Br)c1. The summed E-state index contributed by atoms with van der Waals surface area (Å²) in [6.07, 6.45) is 1.56. The molecule has 2 aromatic rings. The zero-order chi connectivity index (χ0) is 13.1. The van der Waals surface area contributed by atoms with E-state index < -0.39 is 0 Å². The second kappa shape index (κ2) is 5.86. The molecule has 1 atom stereocenters. The van der Waals surface area contributed by atoms with Crippen molar-refractivity contribution in [3.8, 4) is 0 Å². The topological polar surface area (TPSA) is 42.7 Å². The molecule has 0 saturated heterocycles. The van der Waals surface area contributed by atoms with E-state index in [0.717, 1.165) is 14.5 Å². The predicted molar refractivity (Wildman–Crippen MR) is 76.7 cm³/mol. The maximum absolute atomic E-state index is 4.21. The van der Waals surface area contributed by atoms with E-state index in [1.54, 1.807) is 22.8 Å². The van der Waals surface area contributed by atoms with Crippen molar-refractivity contribution in [3.63, 3.8) is 0 Å². The third-order valence-corrected chi connectivity index (χ3v) is 4.81. The van der Waals surface area contributed by atoms with Crippen LogP contribution >= 0.6 is 27.7 Å². The summed E-state index contributed by atoms with van der Waals surface area (Å²) in [5.41, 5.74) is 1.26. The van der Waals surface area contributed by atoms with Crippen LogP contribution in [0.15, 0.2) is 39.1 Å². The first-order valence-corrected chi connectivity index (χ1v) is 7.21. The molecule has 2 rings (SSSR count). The Bertz CT molecular complexity index is 541. The summed E-state index contributed by atoms with van der Waals surface area (Å²) >= 11 is 5.21. The summed E-state index contributed by atoms with van der Waals surface area (Å²) in [5.74, 6) is 0. The smallest absolute Gasteiger partial charge is 0.190 e. The maximum atomic E-state index is 4.21. The van der Waals surface area contributed by atoms with Crippen LogP contribution in [-0.4, -0.2) is 21.8 Å². The van der Waals surface area contributed by atoms with Gasteiger partial charge >= 0.3 is 0 Å². The summed E-state index contributed by atoms with van der Waals surface area (Å²) in [6, 6.07) is 6.71. The maximum Gasteiger partial charge on any atom is 0.190 e. The number of halogens is 1. The van der Waals surface area contributed by atoms with Crippen LogP contribution in [0.2, 0.25) is 0 Å². The molecule has 4 nitrogen and oxygen atoms in total. The number of nitrogens with one attached hydrogen (secondary N) is 1. The van der Waals surface area contributed by atoms with Crippen molar-refractivity contribution < 1.29 is 0 Å². The fourth-order valence-electron chi connectivity index (χ4n) is 1.51. The minimum atomic E-state index is 0.343. The average molecular weight is 327 g/mol. The molecule has 96 valence electrons.